The van der Waals surface area contributed by atoms with E-state index in [9.17, 15) is 9.59 Å². The Bertz CT molecular complexity index is 817. The van der Waals surface area contributed by atoms with E-state index >= 15 is 0 Å². The van der Waals surface area contributed by atoms with Gasteiger partial charge in [0.05, 0.1) is 16.7 Å². The molecule has 0 saturated heterocycles. The van der Waals surface area contributed by atoms with Gasteiger partial charge in [-0.25, -0.2) is 4.98 Å². The third-order valence-electron chi connectivity index (χ3n) is 4.58. The lowest BCUT2D eigenvalue weighted by molar-refractivity contribution is -0.115. The highest BCUT2D eigenvalue weighted by atomic mass is 32.2. The van der Waals surface area contributed by atoms with Crippen LogP contribution in [0.1, 0.15) is 43.0 Å². The standard InChI is InChI=1S/C18H24N4O3S2/c1-4-12-5-6-13-14(8-12)27-18(19-13)21-16(23)9-26-11(3)17(24)20-15-7-10(2)25-22-15/h7,11-12H,4-6,8-9H2,1-3H3,(H,19,21,23)(H,20,22,24). The number of thiazole rings is 1. The zero-order chi connectivity index (χ0) is 19.4. The van der Waals surface area contributed by atoms with Crippen LogP contribution < -0.4 is 10.6 Å². The molecule has 2 aromatic heterocycles. The first kappa shape index (κ1) is 19.9. The van der Waals surface area contributed by atoms with Crippen LogP contribution >= 0.6 is 23.1 Å². The van der Waals surface area contributed by atoms with Crippen LogP contribution in [0.25, 0.3) is 0 Å². The van der Waals surface area contributed by atoms with Crippen molar-refractivity contribution in [1.29, 1.82) is 0 Å². The number of thioether (sulfide) groups is 1. The van der Waals surface area contributed by atoms with Crippen molar-refractivity contribution in [1.82, 2.24) is 10.1 Å². The highest BCUT2D eigenvalue weighted by Gasteiger charge is 2.22. The minimum atomic E-state index is -0.387. The topological polar surface area (TPSA) is 97.1 Å². The molecule has 2 heterocycles. The summed E-state index contributed by atoms with van der Waals surface area (Å²) in [5, 5.41) is 9.55. The molecule has 1 aliphatic carbocycles. The molecule has 0 aliphatic heterocycles. The third kappa shape index (κ3) is 5.32. The summed E-state index contributed by atoms with van der Waals surface area (Å²) in [6.45, 7) is 5.73. The molecule has 0 radical (unpaired) electrons. The van der Waals surface area contributed by atoms with E-state index in [0.717, 1.165) is 24.5 Å². The molecule has 146 valence electrons. The Morgan fingerprint density at radius 1 is 1.44 bits per heavy atom. The number of aromatic nitrogens is 2. The van der Waals surface area contributed by atoms with E-state index in [0.29, 0.717) is 16.7 Å². The van der Waals surface area contributed by atoms with E-state index < -0.39 is 0 Å². The molecule has 9 heteroatoms. The molecular formula is C18H24N4O3S2. The Morgan fingerprint density at radius 2 is 2.26 bits per heavy atom. The van der Waals surface area contributed by atoms with Crippen LogP contribution in [0.15, 0.2) is 10.6 Å². The van der Waals surface area contributed by atoms with E-state index in [1.807, 2.05) is 0 Å². The summed E-state index contributed by atoms with van der Waals surface area (Å²) in [7, 11) is 0. The van der Waals surface area contributed by atoms with Crippen molar-refractivity contribution in [2.45, 2.75) is 51.7 Å². The molecule has 2 N–H and O–H groups in total. The molecule has 3 rings (SSSR count). The number of nitrogens with zero attached hydrogens (tertiary/aromatic N) is 2. The molecule has 0 saturated carbocycles. The summed E-state index contributed by atoms with van der Waals surface area (Å²) >= 11 is 2.85. The molecule has 0 bridgehead atoms. The lowest BCUT2D eigenvalue weighted by Gasteiger charge is -2.18. The second kappa shape index (κ2) is 8.88. The van der Waals surface area contributed by atoms with Crippen LogP contribution in [0.4, 0.5) is 10.9 Å². The zero-order valence-electron chi connectivity index (χ0n) is 15.7. The van der Waals surface area contributed by atoms with Crippen molar-refractivity contribution in [3.8, 4) is 0 Å². The molecule has 2 atom stereocenters. The van der Waals surface area contributed by atoms with Gasteiger partial charge in [-0.15, -0.1) is 23.1 Å². The van der Waals surface area contributed by atoms with Crippen molar-refractivity contribution in [3.63, 3.8) is 0 Å². The van der Waals surface area contributed by atoms with Gasteiger partial charge in [0, 0.05) is 10.9 Å². The maximum Gasteiger partial charge on any atom is 0.238 e. The number of amides is 2. The highest BCUT2D eigenvalue weighted by molar-refractivity contribution is 8.01. The second-order valence-electron chi connectivity index (χ2n) is 6.72. The van der Waals surface area contributed by atoms with Gasteiger partial charge in [0.1, 0.15) is 5.76 Å². The number of anilines is 2. The van der Waals surface area contributed by atoms with Gasteiger partial charge in [0.15, 0.2) is 10.9 Å². The lowest BCUT2D eigenvalue weighted by Crippen LogP contribution is -2.25. The van der Waals surface area contributed by atoms with Crippen LogP contribution in [-0.2, 0) is 22.4 Å². The average molecular weight is 409 g/mol. The molecule has 27 heavy (non-hydrogen) atoms. The number of hydrogen-bond acceptors (Lipinski definition) is 7. The van der Waals surface area contributed by atoms with E-state index in [4.69, 9.17) is 4.52 Å². The van der Waals surface area contributed by atoms with E-state index in [1.165, 1.54) is 29.5 Å². The summed E-state index contributed by atoms with van der Waals surface area (Å²) in [4.78, 5) is 30.2. The smallest absolute Gasteiger partial charge is 0.238 e. The molecule has 2 amide bonds. The van der Waals surface area contributed by atoms with Gasteiger partial charge in [-0.05, 0) is 39.0 Å². The minimum Gasteiger partial charge on any atom is -0.360 e. The van der Waals surface area contributed by atoms with Crippen molar-refractivity contribution in [2.75, 3.05) is 16.4 Å². The lowest BCUT2D eigenvalue weighted by atomic mass is 9.89. The van der Waals surface area contributed by atoms with Gasteiger partial charge in [0.25, 0.3) is 0 Å². The SMILES string of the molecule is CCC1CCc2nc(NC(=O)CSC(C)C(=O)Nc3cc(C)on3)sc2C1. The quantitative estimate of drug-likeness (QED) is 0.726. The van der Waals surface area contributed by atoms with Gasteiger partial charge in [-0.3, -0.25) is 9.59 Å². The highest BCUT2D eigenvalue weighted by Crippen LogP contribution is 2.33. The largest absolute Gasteiger partial charge is 0.360 e. The Morgan fingerprint density at radius 3 is 2.96 bits per heavy atom. The van der Waals surface area contributed by atoms with Gasteiger partial charge in [-0.2, -0.15) is 0 Å². The first-order chi connectivity index (χ1) is 12.9. The van der Waals surface area contributed by atoms with Gasteiger partial charge >= 0.3 is 0 Å². The van der Waals surface area contributed by atoms with Crippen LogP contribution in [0.3, 0.4) is 0 Å². The maximum absolute atomic E-state index is 12.2. The molecule has 0 fully saturated rings. The summed E-state index contributed by atoms with van der Waals surface area (Å²) in [6.07, 6.45) is 4.41. The van der Waals surface area contributed by atoms with Crippen LogP contribution in [0.2, 0.25) is 0 Å². The number of nitrogens with one attached hydrogen (secondary N) is 2. The molecule has 0 aromatic carbocycles. The molecular weight excluding hydrogens is 384 g/mol. The summed E-state index contributed by atoms with van der Waals surface area (Å²) < 4.78 is 4.92. The Balaban J connectivity index is 1.45. The first-order valence-electron chi connectivity index (χ1n) is 9.08. The Kier molecular flexibility index (Phi) is 6.54. The van der Waals surface area contributed by atoms with Crippen molar-refractivity contribution in [3.05, 3.63) is 22.4 Å². The van der Waals surface area contributed by atoms with Crippen LogP contribution in [0.5, 0.6) is 0 Å². The second-order valence-corrected chi connectivity index (χ2v) is 9.13. The van der Waals surface area contributed by atoms with E-state index in [1.54, 1.807) is 31.3 Å². The van der Waals surface area contributed by atoms with Gasteiger partial charge in [-0.1, -0.05) is 18.5 Å². The van der Waals surface area contributed by atoms with Crippen molar-refractivity contribution >= 4 is 45.9 Å². The minimum absolute atomic E-state index is 0.143. The predicted octanol–water partition coefficient (Wildman–Crippen LogP) is 3.65. The first-order valence-corrected chi connectivity index (χ1v) is 10.9. The fraction of sp³-hybridized carbons (Fsp3) is 0.556. The number of carbonyl (C=O) groups is 2. The predicted molar refractivity (Wildman–Crippen MR) is 108 cm³/mol. The van der Waals surface area contributed by atoms with Gasteiger partial charge < -0.3 is 15.2 Å². The fourth-order valence-corrected chi connectivity index (χ4v) is 4.75. The number of carbonyl (C=O) groups excluding carboxylic acids is 2. The Labute approximate surface area is 166 Å². The van der Waals surface area contributed by atoms with E-state index in [2.05, 4.69) is 27.7 Å². The fourth-order valence-electron chi connectivity index (χ4n) is 2.93. The number of aryl methyl sites for hydroxylation is 2. The number of rotatable bonds is 7. The number of hydrogen-bond donors (Lipinski definition) is 2. The van der Waals surface area contributed by atoms with Crippen molar-refractivity contribution < 1.29 is 14.1 Å². The summed E-state index contributed by atoms with van der Waals surface area (Å²) in [5.41, 5.74) is 1.13. The van der Waals surface area contributed by atoms with Gasteiger partial charge in [0.2, 0.25) is 11.8 Å². The average Bonchev–Trinajstić information content (AvgIpc) is 3.23. The monoisotopic (exact) mass is 408 g/mol. The molecule has 2 unspecified atom stereocenters. The summed E-state index contributed by atoms with van der Waals surface area (Å²) in [6, 6.07) is 1.65. The van der Waals surface area contributed by atoms with Crippen LogP contribution in [-0.4, -0.2) is 33.0 Å². The van der Waals surface area contributed by atoms with Crippen LogP contribution in [0, 0.1) is 12.8 Å². The van der Waals surface area contributed by atoms with E-state index in [-0.39, 0.29) is 22.8 Å². The molecule has 2 aromatic rings. The molecule has 0 spiro atoms. The zero-order valence-corrected chi connectivity index (χ0v) is 17.3. The number of fused-ring (bicyclic) bond motifs is 1. The maximum atomic E-state index is 12.2. The Hall–Kier alpha value is -1.87. The summed E-state index contributed by atoms with van der Waals surface area (Å²) in [5.74, 6) is 1.57. The van der Waals surface area contributed by atoms with Crippen molar-refractivity contribution in [2.24, 2.45) is 5.92 Å². The molecule has 1 aliphatic rings. The normalized spacial score (nSPS) is 17.2. The molecule has 7 nitrogen and oxygen atoms in total. The third-order valence-corrected chi connectivity index (χ3v) is 6.76.